The van der Waals surface area contributed by atoms with Crippen LogP contribution in [-0.4, -0.2) is 14.2 Å². The van der Waals surface area contributed by atoms with E-state index in [4.69, 9.17) is 32.7 Å². The molecule has 0 saturated carbocycles. The van der Waals surface area contributed by atoms with Gasteiger partial charge in [-0.05, 0) is 24.3 Å². The summed E-state index contributed by atoms with van der Waals surface area (Å²) >= 11 is 11.9. The lowest BCUT2D eigenvalue weighted by Crippen LogP contribution is -1.95. The summed E-state index contributed by atoms with van der Waals surface area (Å²) in [6, 6.07) is 4.57. The molecule has 0 aliphatic heterocycles. The number of benzene rings is 2. The van der Waals surface area contributed by atoms with Gasteiger partial charge in [0.05, 0.1) is 24.3 Å². The molecule has 0 unspecified atom stereocenters. The number of rotatable bonds is 3. The standard InChI is InChI=1S/C14H10Cl2F2O2/c1-19-13-9(3-7(17)5-11(13)15)10-4-8(18)6-12(16)14(10)20-2/h3-6H,1-2H3. The molecule has 0 fully saturated rings. The zero-order chi connectivity index (χ0) is 14.9. The number of methoxy groups -OCH3 is 2. The van der Waals surface area contributed by atoms with E-state index >= 15 is 0 Å². The average molecular weight is 319 g/mol. The zero-order valence-electron chi connectivity index (χ0n) is 10.6. The first-order valence-electron chi connectivity index (χ1n) is 5.54. The first-order chi connectivity index (χ1) is 9.47. The van der Waals surface area contributed by atoms with Crippen LogP contribution in [0.4, 0.5) is 8.78 Å². The van der Waals surface area contributed by atoms with Gasteiger partial charge < -0.3 is 9.47 Å². The van der Waals surface area contributed by atoms with Gasteiger partial charge in [-0.2, -0.15) is 0 Å². The van der Waals surface area contributed by atoms with E-state index in [1.807, 2.05) is 0 Å². The average Bonchev–Trinajstić information content (AvgIpc) is 2.37. The van der Waals surface area contributed by atoms with Crippen molar-refractivity contribution in [2.24, 2.45) is 0 Å². The van der Waals surface area contributed by atoms with Gasteiger partial charge in [-0.3, -0.25) is 0 Å². The number of halogens is 4. The molecule has 0 aliphatic rings. The van der Waals surface area contributed by atoms with Crippen molar-refractivity contribution in [3.05, 3.63) is 45.9 Å². The van der Waals surface area contributed by atoms with E-state index < -0.39 is 11.6 Å². The van der Waals surface area contributed by atoms with E-state index in [2.05, 4.69) is 0 Å². The summed E-state index contributed by atoms with van der Waals surface area (Å²) < 4.78 is 37.4. The Hall–Kier alpha value is -1.52. The van der Waals surface area contributed by atoms with Crippen molar-refractivity contribution >= 4 is 23.2 Å². The highest BCUT2D eigenvalue weighted by Crippen LogP contribution is 2.43. The SMILES string of the molecule is COc1c(Cl)cc(F)cc1-c1cc(F)cc(Cl)c1OC. The minimum absolute atomic E-state index is 0.0740. The monoisotopic (exact) mass is 318 g/mol. The van der Waals surface area contributed by atoms with Crippen LogP contribution >= 0.6 is 23.2 Å². The van der Waals surface area contributed by atoms with Crippen molar-refractivity contribution in [2.75, 3.05) is 14.2 Å². The van der Waals surface area contributed by atoms with Gasteiger partial charge >= 0.3 is 0 Å². The third kappa shape index (κ3) is 2.67. The summed E-state index contributed by atoms with van der Waals surface area (Å²) in [5, 5.41) is 0.148. The Kier molecular flexibility index (Phi) is 4.35. The quantitative estimate of drug-likeness (QED) is 0.796. The van der Waals surface area contributed by atoms with Gasteiger partial charge in [0.1, 0.15) is 23.1 Å². The Bertz CT molecular complexity index is 603. The van der Waals surface area contributed by atoms with Crippen LogP contribution < -0.4 is 9.47 Å². The third-order valence-corrected chi connectivity index (χ3v) is 3.28. The minimum atomic E-state index is -0.576. The van der Waals surface area contributed by atoms with E-state index in [9.17, 15) is 8.78 Å². The Morgan fingerprint density at radius 2 is 1.10 bits per heavy atom. The van der Waals surface area contributed by atoms with Crippen molar-refractivity contribution in [3.63, 3.8) is 0 Å². The molecule has 0 atom stereocenters. The number of ether oxygens (including phenoxy) is 2. The van der Waals surface area contributed by atoms with Gasteiger partial charge in [0.25, 0.3) is 0 Å². The van der Waals surface area contributed by atoms with Crippen LogP contribution in [0.1, 0.15) is 0 Å². The maximum absolute atomic E-state index is 13.6. The van der Waals surface area contributed by atoms with E-state index in [-0.39, 0.29) is 32.7 Å². The fourth-order valence-corrected chi connectivity index (χ4v) is 2.50. The molecule has 0 saturated heterocycles. The molecule has 0 aromatic heterocycles. The van der Waals surface area contributed by atoms with Crippen LogP contribution in [0.3, 0.4) is 0 Å². The molecule has 0 amide bonds. The Labute approximate surface area is 124 Å². The second kappa shape index (κ2) is 5.85. The lowest BCUT2D eigenvalue weighted by atomic mass is 10.0. The summed E-state index contributed by atoms with van der Waals surface area (Å²) in [6.45, 7) is 0. The molecular formula is C14H10Cl2F2O2. The molecule has 2 rings (SSSR count). The van der Waals surface area contributed by atoms with E-state index in [1.165, 1.54) is 26.4 Å². The number of hydrogen-bond donors (Lipinski definition) is 0. The molecule has 0 radical (unpaired) electrons. The molecule has 0 aliphatic carbocycles. The summed E-state index contributed by atoms with van der Waals surface area (Å²) in [7, 11) is 2.77. The first-order valence-corrected chi connectivity index (χ1v) is 6.30. The Morgan fingerprint density at radius 1 is 0.750 bits per heavy atom. The maximum Gasteiger partial charge on any atom is 0.145 e. The second-order valence-electron chi connectivity index (χ2n) is 3.94. The van der Waals surface area contributed by atoms with Crippen LogP contribution in [0.25, 0.3) is 11.1 Å². The third-order valence-electron chi connectivity index (χ3n) is 2.72. The zero-order valence-corrected chi connectivity index (χ0v) is 12.1. The van der Waals surface area contributed by atoms with Gasteiger partial charge in [0, 0.05) is 11.1 Å². The van der Waals surface area contributed by atoms with Crippen molar-refractivity contribution in [1.82, 2.24) is 0 Å². The Balaban J connectivity index is 2.80. The molecular weight excluding hydrogens is 309 g/mol. The first kappa shape index (κ1) is 14.9. The van der Waals surface area contributed by atoms with Gasteiger partial charge in [-0.25, -0.2) is 8.78 Å². The Morgan fingerprint density at radius 3 is 1.40 bits per heavy atom. The molecule has 2 aromatic carbocycles. The maximum atomic E-state index is 13.6. The molecule has 6 heteroatoms. The van der Waals surface area contributed by atoms with Crippen LogP contribution in [0.2, 0.25) is 10.0 Å². The van der Waals surface area contributed by atoms with Crippen molar-refractivity contribution in [1.29, 1.82) is 0 Å². The van der Waals surface area contributed by atoms with Crippen LogP contribution in [0.15, 0.2) is 24.3 Å². The summed E-state index contributed by atoms with van der Waals surface area (Å²) in [6.07, 6.45) is 0. The van der Waals surface area contributed by atoms with Crippen LogP contribution in [-0.2, 0) is 0 Å². The predicted molar refractivity (Wildman–Crippen MR) is 74.9 cm³/mol. The van der Waals surface area contributed by atoms with Gasteiger partial charge in [-0.15, -0.1) is 0 Å². The highest BCUT2D eigenvalue weighted by Gasteiger charge is 2.19. The van der Waals surface area contributed by atoms with Crippen LogP contribution in [0.5, 0.6) is 11.5 Å². The summed E-state index contributed by atoms with van der Waals surface area (Å²) in [5.74, 6) is -0.720. The lowest BCUT2D eigenvalue weighted by Gasteiger charge is -2.15. The fourth-order valence-electron chi connectivity index (χ4n) is 1.94. The van der Waals surface area contributed by atoms with Gasteiger partial charge in [-0.1, -0.05) is 23.2 Å². The van der Waals surface area contributed by atoms with E-state index in [0.29, 0.717) is 0 Å². The second-order valence-corrected chi connectivity index (χ2v) is 4.75. The molecule has 2 nitrogen and oxygen atoms in total. The minimum Gasteiger partial charge on any atom is -0.495 e. The van der Waals surface area contributed by atoms with Gasteiger partial charge in [0.2, 0.25) is 0 Å². The lowest BCUT2D eigenvalue weighted by molar-refractivity contribution is 0.409. The highest BCUT2D eigenvalue weighted by atomic mass is 35.5. The molecule has 2 aromatic rings. The molecule has 0 N–H and O–H groups in total. The molecule has 20 heavy (non-hydrogen) atoms. The highest BCUT2D eigenvalue weighted by molar-refractivity contribution is 6.33. The summed E-state index contributed by atoms with van der Waals surface area (Å²) in [4.78, 5) is 0. The van der Waals surface area contributed by atoms with Crippen molar-refractivity contribution in [2.45, 2.75) is 0 Å². The predicted octanol–water partition coefficient (Wildman–Crippen LogP) is 4.96. The van der Waals surface area contributed by atoms with E-state index in [0.717, 1.165) is 12.1 Å². The number of hydrogen-bond acceptors (Lipinski definition) is 2. The molecule has 0 spiro atoms. The largest absolute Gasteiger partial charge is 0.495 e. The fraction of sp³-hybridized carbons (Fsp3) is 0.143. The van der Waals surface area contributed by atoms with Crippen LogP contribution in [0, 0.1) is 11.6 Å². The normalized spacial score (nSPS) is 10.5. The van der Waals surface area contributed by atoms with Crippen molar-refractivity contribution < 1.29 is 18.3 Å². The van der Waals surface area contributed by atoms with E-state index in [1.54, 1.807) is 0 Å². The summed E-state index contributed by atoms with van der Waals surface area (Å²) in [5.41, 5.74) is 0.520. The topological polar surface area (TPSA) is 18.5 Å². The van der Waals surface area contributed by atoms with Gasteiger partial charge in [0.15, 0.2) is 0 Å². The van der Waals surface area contributed by atoms with Crippen molar-refractivity contribution in [3.8, 4) is 22.6 Å². The smallest absolute Gasteiger partial charge is 0.145 e. The molecule has 106 valence electrons. The molecule has 0 heterocycles. The molecule has 0 bridgehead atoms.